The van der Waals surface area contributed by atoms with Crippen molar-refractivity contribution in [2.24, 2.45) is 0 Å². The lowest BCUT2D eigenvalue weighted by atomic mass is 10.0. The first-order valence-electron chi connectivity index (χ1n) is 6.92. The fraction of sp³-hybridized carbons (Fsp3) is 0.600. The van der Waals surface area contributed by atoms with Crippen molar-refractivity contribution in [2.75, 3.05) is 19.8 Å². The van der Waals surface area contributed by atoms with Crippen LogP contribution < -0.4 is 5.32 Å². The van der Waals surface area contributed by atoms with Crippen molar-refractivity contribution in [1.82, 2.24) is 5.32 Å². The maximum Gasteiger partial charge on any atom is 0.126 e. The number of benzene rings is 1. The Balaban J connectivity index is 2.54. The predicted octanol–water partition coefficient (Wildman–Crippen LogP) is 3.82. The van der Waals surface area contributed by atoms with Gasteiger partial charge in [0, 0.05) is 24.3 Å². The van der Waals surface area contributed by atoms with Crippen LogP contribution in [0.5, 0.6) is 0 Å². The largest absolute Gasteiger partial charge is 0.381 e. The lowest BCUT2D eigenvalue weighted by Gasteiger charge is -2.18. The molecular weight excluding hydrogens is 265 g/mol. The predicted molar refractivity (Wildman–Crippen MR) is 78.3 cm³/mol. The van der Waals surface area contributed by atoms with Gasteiger partial charge in [0.25, 0.3) is 0 Å². The minimum atomic E-state index is -0.193. The molecule has 0 amide bonds. The fourth-order valence-corrected chi connectivity index (χ4v) is 2.20. The standard InChI is InChI=1S/C15H23ClFNO/c1-3-8-19-9-7-14(18-4-2)11-12-10-13(16)5-6-15(12)17/h5-6,10,14,18H,3-4,7-9,11H2,1-2H3. The minimum absolute atomic E-state index is 0.193. The molecule has 4 heteroatoms. The first-order chi connectivity index (χ1) is 9.17. The highest BCUT2D eigenvalue weighted by atomic mass is 35.5. The van der Waals surface area contributed by atoms with Crippen molar-refractivity contribution in [1.29, 1.82) is 0 Å². The molecule has 0 aliphatic carbocycles. The summed E-state index contributed by atoms with van der Waals surface area (Å²) < 4.78 is 19.2. The first kappa shape index (κ1) is 16.4. The van der Waals surface area contributed by atoms with Gasteiger partial charge < -0.3 is 10.1 Å². The molecule has 0 saturated heterocycles. The molecule has 0 aliphatic rings. The topological polar surface area (TPSA) is 21.3 Å². The minimum Gasteiger partial charge on any atom is -0.381 e. The van der Waals surface area contributed by atoms with E-state index in [1.807, 2.05) is 6.92 Å². The summed E-state index contributed by atoms with van der Waals surface area (Å²) in [6, 6.07) is 4.92. The van der Waals surface area contributed by atoms with Gasteiger partial charge in [-0.05, 0) is 49.6 Å². The third-order valence-electron chi connectivity index (χ3n) is 2.93. The van der Waals surface area contributed by atoms with Crippen molar-refractivity contribution in [3.63, 3.8) is 0 Å². The number of rotatable bonds is 9. The molecule has 19 heavy (non-hydrogen) atoms. The van der Waals surface area contributed by atoms with Gasteiger partial charge in [0.05, 0.1) is 0 Å². The molecule has 108 valence electrons. The summed E-state index contributed by atoms with van der Waals surface area (Å²) in [5.41, 5.74) is 0.661. The monoisotopic (exact) mass is 287 g/mol. The van der Waals surface area contributed by atoms with E-state index in [0.29, 0.717) is 23.6 Å². The highest BCUT2D eigenvalue weighted by Gasteiger charge is 2.12. The molecule has 0 bridgehead atoms. The molecule has 0 heterocycles. The molecule has 2 nitrogen and oxygen atoms in total. The van der Waals surface area contributed by atoms with Crippen molar-refractivity contribution >= 4 is 11.6 Å². The molecule has 1 rings (SSSR count). The molecule has 0 aromatic heterocycles. The average molecular weight is 288 g/mol. The Morgan fingerprint density at radius 2 is 2.11 bits per heavy atom. The normalized spacial score (nSPS) is 12.6. The molecule has 1 aromatic rings. The summed E-state index contributed by atoms with van der Waals surface area (Å²) in [6.07, 6.45) is 2.53. The summed E-state index contributed by atoms with van der Waals surface area (Å²) in [6.45, 7) is 6.48. The van der Waals surface area contributed by atoms with Gasteiger partial charge in [-0.3, -0.25) is 0 Å². The van der Waals surface area contributed by atoms with Gasteiger partial charge in [-0.15, -0.1) is 0 Å². The van der Waals surface area contributed by atoms with Crippen LogP contribution in [0.4, 0.5) is 4.39 Å². The fourth-order valence-electron chi connectivity index (χ4n) is 2.00. The first-order valence-corrected chi connectivity index (χ1v) is 7.30. The summed E-state index contributed by atoms with van der Waals surface area (Å²) in [5, 5.41) is 3.94. The Morgan fingerprint density at radius 1 is 1.32 bits per heavy atom. The van der Waals surface area contributed by atoms with E-state index in [1.54, 1.807) is 12.1 Å². The molecule has 1 N–H and O–H groups in total. The van der Waals surface area contributed by atoms with E-state index in [4.69, 9.17) is 16.3 Å². The number of ether oxygens (including phenoxy) is 1. The van der Waals surface area contributed by atoms with Crippen LogP contribution in [0.1, 0.15) is 32.3 Å². The van der Waals surface area contributed by atoms with E-state index in [1.165, 1.54) is 6.07 Å². The van der Waals surface area contributed by atoms with E-state index >= 15 is 0 Å². The SMILES string of the molecule is CCCOCCC(Cc1cc(Cl)ccc1F)NCC. The molecule has 0 saturated carbocycles. The molecule has 0 spiro atoms. The number of halogens is 2. The van der Waals surface area contributed by atoms with E-state index in [-0.39, 0.29) is 11.9 Å². The Bertz CT molecular complexity index is 373. The lowest BCUT2D eigenvalue weighted by Crippen LogP contribution is -2.32. The van der Waals surface area contributed by atoms with Gasteiger partial charge in [0.2, 0.25) is 0 Å². The van der Waals surface area contributed by atoms with Crippen LogP contribution in [0.25, 0.3) is 0 Å². The molecule has 0 radical (unpaired) electrons. The van der Waals surface area contributed by atoms with Crippen LogP contribution in [-0.2, 0) is 11.2 Å². The summed E-state index contributed by atoms with van der Waals surface area (Å²) in [5.74, 6) is -0.193. The summed E-state index contributed by atoms with van der Waals surface area (Å²) in [4.78, 5) is 0. The van der Waals surface area contributed by atoms with E-state index in [9.17, 15) is 4.39 Å². The Morgan fingerprint density at radius 3 is 2.79 bits per heavy atom. The second-order valence-corrected chi connectivity index (χ2v) is 5.03. The third kappa shape index (κ3) is 6.37. The van der Waals surface area contributed by atoms with Gasteiger partial charge in [-0.2, -0.15) is 0 Å². The maximum atomic E-state index is 13.7. The van der Waals surface area contributed by atoms with Crippen LogP contribution in [0.2, 0.25) is 5.02 Å². The summed E-state index contributed by atoms with van der Waals surface area (Å²) in [7, 11) is 0. The van der Waals surface area contributed by atoms with Crippen molar-refractivity contribution < 1.29 is 9.13 Å². The zero-order valence-corrected chi connectivity index (χ0v) is 12.5. The Labute approximate surface area is 120 Å². The molecule has 0 fully saturated rings. The van der Waals surface area contributed by atoms with Gasteiger partial charge in [-0.1, -0.05) is 25.4 Å². The van der Waals surface area contributed by atoms with Gasteiger partial charge in [0.1, 0.15) is 5.82 Å². The zero-order chi connectivity index (χ0) is 14.1. The van der Waals surface area contributed by atoms with Crippen LogP contribution in [-0.4, -0.2) is 25.8 Å². The van der Waals surface area contributed by atoms with Gasteiger partial charge in [0.15, 0.2) is 0 Å². The third-order valence-corrected chi connectivity index (χ3v) is 3.16. The second kappa shape index (κ2) is 9.29. The molecule has 1 aromatic carbocycles. The number of hydrogen-bond acceptors (Lipinski definition) is 2. The summed E-state index contributed by atoms with van der Waals surface area (Å²) >= 11 is 5.91. The van der Waals surface area contributed by atoms with E-state index in [2.05, 4.69) is 12.2 Å². The smallest absolute Gasteiger partial charge is 0.126 e. The van der Waals surface area contributed by atoms with Crippen LogP contribution in [0, 0.1) is 5.82 Å². The molecule has 1 unspecified atom stereocenters. The molecule has 1 atom stereocenters. The van der Waals surface area contributed by atoms with Crippen LogP contribution in [0.3, 0.4) is 0 Å². The van der Waals surface area contributed by atoms with Crippen molar-refractivity contribution in [3.8, 4) is 0 Å². The quantitative estimate of drug-likeness (QED) is 0.697. The van der Waals surface area contributed by atoms with E-state index < -0.39 is 0 Å². The van der Waals surface area contributed by atoms with Crippen LogP contribution in [0.15, 0.2) is 18.2 Å². The van der Waals surface area contributed by atoms with E-state index in [0.717, 1.165) is 26.0 Å². The Hall–Kier alpha value is -0.640. The van der Waals surface area contributed by atoms with Crippen molar-refractivity contribution in [3.05, 3.63) is 34.6 Å². The molecule has 0 aliphatic heterocycles. The second-order valence-electron chi connectivity index (χ2n) is 4.60. The lowest BCUT2D eigenvalue weighted by molar-refractivity contribution is 0.124. The number of nitrogens with one attached hydrogen (secondary N) is 1. The zero-order valence-electron chi connectivity index (χ0n) is 11.7. The molecular formula is C15H23ClFNO. The van der Waals surface area contributed by atoms with Gasteiger partial charge in [-0.25, -0.2) is 4.39 Å². The van der Waals surface area contributed by atoms with Crippen LogP contribution >= 0.6 is 11.6 Å². The average Bonchev–Trinajstić information content (AvgIpc) is 2.39. The number of hydrogen-bond donors (Lipinski definition) is 1. The Kier molecular flexibility index (Phi) is 8.03. The van der Waals surface area contributed by atoms with Crippen molar-refractivity contribution in [2.45, 2.75) is 39.2 Å². The number of likely N-dealkylation sites (N-methyl/N-ethyl adjacent to an activating group) is 1. The van der Waals surface area contributed by atoms with Gasteiger partial charge >= 0.3 is 0 Å². The maximum absolute atomic E-state index is 13.7. The highest BCUT2D eigenvalue weighted by molar-refractivity contribution is 6.30. The highest BCUT2D eigenvalue weighted by Crippen LogP contribution is 2.17.